The third-order valence-electron chi connectivity index (χ3n) is 5.83. The van der Waals surface area contributed by atoms with Gasteiger partial charge in [0.15, 0.2) is 0 Å². The molecule has 5 nitrogen and oxygen atoms in total. The van der Waals surface area contributed by atoms with Crippen molar-refractivity contribution in [3.8, 4) is 0 Å². The standard InChI is InChI=1S/C16H18O5/c1-15-4-3-5-16(2)12(15)10(20-14(16)19)6-8-9(15)7-11(17)21-13(8)18/h6-7,10,12-13,18H,3-5H2,1-2H3/t10-,12-,13?,15-,16+/m1/s1. The molecule has 0 aromatic carbocycles. The van der Waals surface area contributed by atoms with Crippen LogP contribution in [-0.4, -0.2) is 29.4 Å². The number of hydrogen-bond donors (Lipinski definition) is 1. The summed E-state index contributed by atoms with van der Waals surface area (Å²) in [7, 11) is 0. The average molecular weight is 290 g/mol. The van der Waals surface area contributed by atoms with Crippen LogP contribution >= 0.6 is 0 Å². The first-order valence-corrected chi connectivity index (χ1v) is 7.40. The summed E-state index contributed by atoms with van der Waals surface area (Å²) in [6.07, 6.45) is 4.23. The van der Waals surface area contributed by atoms with Gasteiger partial charge in [0.2, 0.25) is 6.29 Å². The highest BCUT2D eigenvalue weighted by Crippen LogP contribution is 2.64. The summed E-state index contributed by atoms with van der Waals surface area (Å²) in [5.41, 5.74) is 0.551. The Hall–Kier alpha value is -1.62. The first kappa shape index (κ1) is 13.1. The van der Waals surface area contributed by atoms with Gasteiger partial charge in [-0.3, -0.25) is 4.79 Å². The molecule has 1 N–H and O–H groups in total. The van der Waals surface area contributed by atoms with Crippen molar-refractivity contribution in [2.45, 2.75) is 45.5 Å². The lowest BCUT2D eigenvalue weighted by Gasteiger charge is -2.52. The molecular weight excluding hydrogens is 272 g/mol. The van der Waals surface area contributed by atoms with Crippen molar-refractivity contribution in [1.82, 2.24) is 0 Å². The summed E-state index contributed by atoms with van der Waals surface area (Å²) >= 11 is 0. The number of rotatable bonds is 0. The van der Waals surface area contributed by atoms with Crippen LogP contribution in [0.3, 0.4) is 0 Å². The fourth-order valence-electron chi connectivity index (χ4n) is 4.94. The van der Waals surface area contributed by atoms with Crippen LogP contribution in [0.25, 0.3) is 0 Å². The third-order valence-corrected chi connectivity index (χ3v) is 5.83. The highest BCUT2D eigenvalue weighted by atomic mass is 16.6. The van der Waals surface area contributed by atoms with E-state index in [0.29, 0.717) is 5.57 Å². The van der Waals surface area contributed by atoms with E-state index in [0.717, 1.165) is 24.8 Å². The Balaban J connectivity index is 1.94. The van der Waals surface area contributed by atoms with Gasteiger partial charge in [-0.1, -0.05) is 13.3 Å². The first-order valence-electron chi connectivity index (χ1n) is 7.40. The minimum absolute atomic E-state index is 0.0133. The van der Waals surface area contributed by atoms with Crippen LogP contribution in [0.15, 0.2) is 23.3 Å². The van der Waals surface area contributed by atoms with Gasteiger partial charge in [0.25, 0.3) is 0 Å². The van der Waals surface area contributed by atoms with E-state index in [-0.39, 0.29) is 23.4 Å². The number of carbonyl (C=O) groups is 2. The maximum Gasteiger partial charge on any atom is 0.333 e. The van der Waals surface area contributed by atoms with Gasteiger partial charge in [-0.25, -0.2) is 4.79 Å². The van der Waals surface area contributed by atoms with E-state index in [1.54, 1.807) is 6.08 Å². The van der Waals surface area contributed by atoms with E-state index in [9.17, 15) is 14.7 Å². The first-order chi connectivity index (χ1) is 9.86. The number of hydrogen-bond acceptors (Lipinski definition) is 5. The number of aliphatic hydroxyl groups is 1. The molecule has 0 aromatic rings. The van der Waals surface area contributed by atoms with E-state index in [4.69, 9.17) is 9.47 Å². The lowest BCUT2D eigenvalue weighted by Crippen LogP contribution is -2.51. The second-order valence-corrected chi connectivity index (χ2v) is 7.01. The number of aliphatic hydroxyl groups excluding tert-OH is 1. The average Bonchev–Trinajstić information content (AvgIpc) is 2.65. The van der Waals surface area contributed by atoms with E-state index >= 15 is 0 Å². The largest absolute Gasteiger partial charge is 0.457 e. The molecule has 1 unspecified atom stereocenters. The normalized spacial score (nSPS) is 47.7. The molecule has 21 heavy (non-hydrogen) atoms. The molecule has 5 heteroatoms. The topological polar surface area (TPSA) is 72.8 Å². The van der Waals surface area contributed by atoms with E-state index in [1.807, 2.05) is 6.92 Å². The van der Waals surface area contributed by atoms with Gasteiger partial charge in [0, 0.05) is 23.0 Å². The predicted molar refractivity (Wildman–Crippen MR) is 71.7 cm³/mol. The summed E-state index contributed by atoms with van der Waals surface area (Å²) in [5, 5.41) is 10.0. The molecular formula is C16H18O5. The molecule has 0 radical (unpaired) electrons. The van der Waals surface area contributed by atoms with Crippen LogP contribution in [0.2, 0.25) is 0 Å². The van der Waals surface area contributed by atoms with E-state index < -0.39 is 17.7 Å². The Morgan fingerprint density at radius 3 is 2.67 bits per heavy atom. The van der Waals surface area contributed by atoms with Crippen molar-refractivity contribution < 1.29 is 24.2 Å². The molecule has 4 aliphatic rings. The van der Waals surface area contributed by atoms with Crippen molar-refractivity contribution in [2.75, 3.05) is 0 Å². The van der Waals surface area contributed by atoms with Gasteiger partial charge >= 0.3 is 11.9 Å². The molecule has 112 valence electrons. The Labute approximate surface area is 122 Å². The number of ether oxygens (including phenoxy) is 2. The fraction of sp³-hybridized carbons (Fsp3) is 0.625. The Bertz CT molecular complexity index is 618. The summed E-state index contributed by atoms with van der Waals surface area (Å²) in [5.74, 6) is -0.674. The zero-order valence-electron chi connectivity index (χ0n) is 12.1. The molecule has 4 rings (SSSR count). The highest BCUT2D eigenvalue weighted by Gasteiger charge is 2.65. The molecule has 0 bridgehead atoms. The smallest absolute Gasteiger partial charge is 0.333 e. The van der Waals surface area contributed by atoms with Crippen LogP contribution in [0, 0.1) is 16.7 Å². The second-order valence-electron chi connectivity index (χ2n) is 7.01. The lowest BCUT2D eigenvalue weighted by molar-refractivity contribution is -0.158. The Kier molecular flexibility index (Phi) is 2.35. The van der Waals surface area contributed by atoms with Gasteiger partial charge in [-0.2, -0.15) is 0 Å². The van der Waals surface area contributed by atoms with Crippen molar-refractivity contribution in [3.05, 3.63) is 23.3 Å². The van der Waals surface area contributed by atoms with Gasteiger partial charge in [-0.05, 0) is 31.4 Å². The number of fused-ring (bicyclic) bond motifs is 2. The number of cyclic esters (lactones) is 1. The van der Waals surface area contributed by atoms with Crippen LogP contribution in [-0.2, 0) is 19.1 Å². The van der Waals surface area contributed by atoms with Crippen molar-refractivity contribution in [2.24, 2.45) is 16.7 Å². The molecule has 2 aliphatic heterocycles. The van der Waals surface area contributed by atoms with E-state index in [2.05, 4.69) is 6.92 Å². The monoisotopic (exact) mass is 290 g/mol. The quantitative estimate of drug-likeness (QED) is 0.684. The zero-order valence-corrected chi connectivity index (χ0v) is 12.1. The summed E-state index contributed by atoms with van der Waals surface area (Å²) in [4.78, 5) is 24.0. The molecule has 5 atom stereocenters. The molecule has 0 aromatic heterocycles. The molecule has 2 heterocycles. The maximum atomic E-state index is 12.3. The van der Waals surface area contributed by atoms with Gasteiger partial charge in [0.05, 0.1) is 5.41 Å². The van der Waals surface area contributed by atoms with Crippen LogP contribution in [0.1, 0.15) is 33.1 Å². The van der Waals surface area contributed by atoms with Crippen molar-refractivity contribution in [1.29, 1.82) is 0 Å². The number of esters is 2. The fourth-order valence-corrected chi connectivity index (χ4v) is 4.94. The predicted octanol–water partition coefficient (Wildman–Crippen LogP) is 1.47. The maximum absolute atomic E-state index is 12.3. The van der Waals surface area contributed by atoms with E-state index in [1.165, 1.54) is 6.08 Å². The van der Waals surface area contributed by atoms with Crippen LogP contribution in [0.5, 0.6) is 0 Å². The second kappa shape index (κ2) is 3.77. The molecule has 0 spiro atoms. The summed E-state index contributed by atoms with van der Waals surface area (Å²) in [6, 6.07) is 0. The van der Waals surface area contributed by atoms with Crippen molar-refractivity contribution >= 4 is 11.9 Å². The van der Waals surface area contributed by atoms with Gasteiger partial charge < -0.3 is 14.6 Å². The SMILES string of the molecule is C[C@@]12CCC[C@]3(C)C4=CC(=O)OC(O)C4=C[C@@H](OC1=O)[C@@H]23. The molecule has 1 saturated carbocycles. The van der Waals surface area contributed by atoms with Crippen LogP contribution < -0.4 is 0 Å². The minimum atomic E-state index is -1.26. The van der Waals surface area contributed by atoms with Gasteiger partial charge in [0.1, 0.15) is 6.10 Å². The highest BCUT2D eigenvalue weighted by molar-refractivity contribution is 5.87. The van der Waals surface area contributed by atoms with Crippen LogP contribution in [0.4, 0.5) is 0 Å². The molecule has 0 amide bonds. The summed E-state index contributed by atoms with van der Waals surface area (Å²) in [6.45, 7) is 4.04. The Morgan fingerprint density at radius 1 is 1.19 bits per heavy atom. The van der Waals surface area contributed by atoms with Gasteiger partial charge in [-0.15, -0.1) is 0 Å². The Morgan fingerprint density at radius 2 is 1.90 bits per heavy atom. The summed E-state index contributed by atoms with van der Waals surface area (Å²) < 4.78 is 10.4. The molecule has 2 fully saturated rings. The minimum Gasteiger partial charge on any atom is -0.457 e. The lowest BCUT2D eigenvalue weighted by atomic mass is 9.50. The number of carbonyl (C=O) groups excluding carboxylic acids is 2. The zero-order chi connectivity index (χ0) is 15.0. The molecule has 1 saturated heterocycles. The van der Waals surface area contributed by atoms with Crippen molar-refractivity contribution in [3.63, 3.8) is 0 Å². The molecule has 2 aliphatic carbocycles. The third kappa shape index (κ3) is 1.45.